The molecule has 0 radical (unpaired) electrons. The van der Waals surface area contributed by atoms with E-state index < -0.39 is 0 Å². The lowest BCUT2D eigenvalue weighted by Crippen LogP contribution is -2.26. The van der Waals surface area contributed by atoms with E-state index in [1.807, 2.05) is 12.1 Å². The fourth-order valence-electron chi connectivity index (χ4n) is 3.11. The molecule has 0 amide bonds. The molecule has 4 rings (SSSR count). The Kier molecular flexibility index (Phi) is 3.34. The molecule has 22 heavy (non-hydrogen) atoms. The van der Waals surface area contributed by atoms with Crippen molar-refractivity contribution in [3.8, 4) is 0 Å². The minimum absolute atomic E-state index is 0.805. The van der Waals surface area contributed by atoms with Crippen LogP contribution in [0.1, 0.15) is 17.7 Å². The third kappa shape index (κ3) is 2.28. The number of rotatable bonds is 1. The van der Waals surface area contributed by atoms with Crippen molar-refractivity contribution in [1.82, 2.24) is 9.97 Å². The van der Waals surface area contributed by atoms with Crippen molar-refractivity contribution in [1.29, 1.82) is 0 Å². The third-order valence-corrected chi connectivity index (χ3v) is 4.68. The fraction of sp³-hybridized carbons (Fsp3) is 0.222. The van der Waals surface area contributed by atoms with E-state index in [1.165, 1.54) is 11.3 Å². The normalized spacial score (nSPS) is 14.2. The van der Waals surface area contributed by atoms with Crippen molar-refractivity contribution < 1.29 is 0 Å². The summed E-state index contributed by atoms with van der Waals surface area (Å²) >= 11 is 3.56. The minimum Gasteiger partial charge on any atom is -0.310 e. The number of hydrogen-bond donors (Lipinski definition) is 0. The Hall–Kier alpha value is -1.94. The first kappa shape index (κ1) is 13.7. The van der Waals surface area contributed by atoms with Gasteiger partial charge in [-0.1, -0.05) is 34.1 Å². The van der Waals surface area contributed by atoms with Crippen molar-refractivity contribution >= 4 is 38.5 Å². The van der Waals surface area contributed by atoms with E-state index in [0.29, 0.717) is 0 Å². The number of nitrogens with zero attached hydrogens (tertiary/aromatic N) is 3. The second-order valence-corrected chi connectivity index (χ2v) is 6.57. The molecule has 2 aromatic carbocycles. The molecule has 0 fully saturated rings. The SMILES string of the molecule is Cc1nc(N2CCCc3cc(Br)ccc32)nc2ccccc12. The molecule has 0 unspecified atom stereocenters. The molecule has 2 heterocycles. The highest BCUT2D eigenvalue weighted by atomic mass is 79.9. The lowest BCUT2D eigenvalue weighted by molar-refractivity contribution is 0.750. The Bertz CT molecular complexity index is 860. The predicted octanol–water partition coefficient (Wildman–Crippen LogP) is 4.79. The molecule has 0 atom stereocenters. The number of hydrogen-bond acceptors (Lipinski definition) is 3. The molecule has 4 heteroatoms. The smallest absolute Gasteiger partial charge is 0.230 e. The Morgan fingerprint density at radius 3 is 2.86 bits per heavy atom. The number of anilines is 2. The first-order valence-corrected chi connectivity index (χ1v) is 8.31. The molecule has 0 aliphatic carbocycles. The van der Waals surface area contributed by atoms with Gasteiger partial charge in [0.2, 0.25) is 5.95 Å². The van der Waals surface area contributed by atoms with Crippen LogP contribution in [0.15, 0.2) is 46.9 Å². The minimum atomic E-state index is 0.805. The van der Waals surface area contributed by atoms with Gasteiger partial charge in [-0.25, -0.2) is 9.97 Å². The molecule has 0 N–H and O–H groups in total. The van der Waals surface area contributed by atoms with Crippen LogP contribution in [-0.4, -0.2) is 16.5 Å². The largest absolute Gasteiger partial charge is 0.310 e. The van der Waals surface area contributed by atoms with E-state index in [4.69, 9.17) is 9.97 Å². The maximum atomic E-state index is 4.78. The second kappa shape index (κ2) is 5.36. The van der Waals surface area contributed by atoms with Gasteiger partial charge in [0.25, 0.3) is 0 Å². The Labute approximate surface area is 138 Å². The lowest BCUT2D eigenvalue weighted by atomic mass is 10.0. The zero-order valence-corrected chi connectivity index (χ0v) is 14.0. The van der Waals surface area contributed by atoms with Crippen molar-refractivity contribution in [2.75, 3.05) is 11.4 Å². The van der Waals surface area contributed by atoms with Crippen LogP contribution in [0, 0.1) is 6.92 Å². The van der Waals surface area contributed by atoms with Crippen molar-refractivity contribution in [3.05, 3.63) is 58.2 Å². The summed E-state index contributed by atoms with van der Waals surface area (Å²) in [4.78, 5) is 11.8. The highest BCUT2D eigenvalue weighted by molar-refractivity contribution is 9.10. The molecule has 0 bridgehead atoms. The van der Waals surface area contributed by atoms with Gasteiger partial charge in [0.15, 0.2) is 0 Å². The number of benzene rings is 2. The molecule has 0 saturated heterocycles. The topological polar surface area (TPSA) is 29.0 Å². The molecular weight excluding hydrogens is 338 g/mol. The van der Waals surface area contributed by atoms with Crippen molar-refractivity contribution in [2.45, 2.75) is 19.8 Å². The maximum absolute atomic E-state index is 4.78. The molecular formula is C18H16BrN3. The summed E-state index contributed by atoms with van der Waals surface area (Å²) in [5, 5.41) is 1.12. The van der Waals surface area contributed by atoms with Crippen LogP contribution in [-0.2, 0) is 6.42 Å². The Balaban J connectivity index is 1.87. The van der Waals surface area contributed by atoms with Gasteiger partial charge in [0.05, 0.1) is 11.2 Å². The molecule has 1 aliphatic rings. The highest BCUT2D eigenvalue weighted by Crippen LogP contribution is 2.34. The molecule has 3 aromatic rings. The monoisotopic (exact) mass is 353 g/mol. The maximum Gasteiger partial charge on any atom is 0.230 e. The molecule has 1 aromatic heterocycles. The van der Waals surface area contributed by atoms with Gasteiger partial charge in [-0.3, -0.25) is 0 Å². The van der Waals surface area contributed by atoms with Crippen LogP contribution in [0.3, 0.4) is 0 Å². The second-order valence-electron chi connectivity index (χ2n) is 5.65. The van der Waals surface area contributed by atoms with Crippen LogP contribution in [0.2, 0.25) is 0 Å². The number of aromatic nitrogens is 2. The molecule has 1 aliphatic heterocycles. The summed E-state index contributed by atoms with van der Waals surface area (Å²) in [6.07, 6.45) is 2.23. The molecule has 0 spiro atoms. The summed E-state index contributed by atoms with van der Waals surface area (Å²) in [7, 11) is 0. The van der Waals surface area contributed by atoms with E-state index in [2.05, 4.69) is 58.1 Å². The fourth-order valence-corrected chi connectivity index (χ4v) is 3.52. The number of halogens is 1. The predicted molar refractivity (Wildman–Crippen MR) is 93.7 cm³/mol. The van der Waals surface area contributed by atoms with Gasteiger partial charge in [0.1, 0.15) is 0 Å². The van der Waals surface area contributed by atoms with E-state index >= 15 is 0 Å². The van der Waals surface area contributed by atoms with Crippen LogP contribution in [0.4, 0.5) is 11.6 Å². The van der Waals surface area contributed by atoms with Crippen LogP contribution in [0.25, 0.3) is 10.9 Å². The van der Waals surface area contributed by atoms with Crippen LogP contribution >= 0.6 is 15.9 Å². The van der Waals surface area contributed by atoms with E-state index in [0.717, 1.165) is 46.4 Å². The van der Waals surface area contributed by atoms with E-state index in [-0.39, 0.29) is 0 Å². The molecule has 3 nitrogen and oxygen atoms in total. The zero-order valence-electron chi connectivity index (χ0n) is 12.4. The summed E-state index contributed by atoms with van der Waals surface area (Å²) in [5.41, 5.74) is 4.62. The van der Waals surface area contributed by atoms with Gasteiger partial charge in [-0.05, 0) is 49.6 Å². The first-order chi connectivity index (χ1) is 10.7. The highest BCUT2D eigenvalue weighted by Gasteiger charge is 2.21. The summed E-state index contributed by atoms with van der Waals surface area (Å²) in [6, 6.07) is 14.6. The van der Waals surface area contributed by atoms with Crippen molar-refractivity contribution in [3.63, 3.8) is 0 Å². The Morgan fingerprint density at radius 1 is 1.09 bits per heavy atom. The third-order valence-electron chi connectivity index (χ3n) is 4.18. The average molecular weight is 354 g/mol. The number of fused-ring (bicyclic) bond motifs is 2. The van der Waals surface area contributed by atoms with E-state index in [9.17, 15) is 0 Å². The van der Waals surface area contributed by atoms with Gasteiger partial charge < -0.3 is 4.90 Å². The van der Waals surface area contributed by atoms with E-state index in [1.54, 1.807) is 0 Å². The van der Waals surface area contributed by atoms with Crippen LogP contribution in [0.5, 0.6) is 0 Å². The van der Waals surface area contributed by atoms with Crippen molar-refractivity contribution in [2.24, 2.45) is 0 Å². The Morgan fingerprint density at radius 2 is 1.95 bits per heavy atom. The van der Waals surface area contributed by atoms with Gasteiger partial charge in [0, 0.05) is 22.1 Å². The lowest BCUT2D eigenvalue weighted by Gasteiger charge is -2.30. The molecule has 0 saturated carbocycles. The first-order valence-electron chi connectivity index (χ1n) is 7.52. The van der Waals surface area contributed by atoms with Gasteiger partial charge in [-0.2, -0.15) is 0 Å². The average Bonchev–Trinajstić information content (AvgIpc) is 2.54. The summed E-state index contributed by atoms with van der Waals surface area (Å²) in [6.45, 7) is 3.02. The van der Waals surface area contributed by atoms with Gasteiger partial charge >= 0.3 is 0 Å². The summed E-state index contributed by atoms with van der Waals surface area (Å²) in [5.74, 6) is 0.805. The number of aryl methyl sites for hydroxylation is 2. The summed E-state index contributed by atoms with van der Waals surface area (Å²) < 4.78 is 1.13. The standard InChI is InChI=1S/C18H16BrN3/c1-12-15-6-2-3-7-16(15)21-18(20-12)22-10-4-5-13-11-14(19)8-9-17(13)22/h2-3,6-9,11H,4-5,10H2,1H3. The zero-order chi connectivity index (χ0) is 15.1. The van der Waals surface area contributed by atoms with Crippen LogP contribution < -0.4 is 4.90 Å². The van der Waals surface area contributed by atoms with Gasteiger partial charge in [-0.15, -0.1) is 0 Å². The quantitative estimate of drug-likeness (QED) is 0.629. The number of para-hydroxylation sites is 1. The molecule has 110 valence electrons.